The average Bonchev–Trinajstić information content (AvgIpc) is 2.69. The van der Waals surface area contributed by atoms with E-state index in [0.29, 0.717) is 42.7 Å². The molecule has 27 heavy (non-hydrogen) atoms. The Morgan fingerprint density at radius 1 is 1.04 bits per heavy atom. The fourth-order valence-electron chi connectivity index (χ4n) is 3.46. The Bertz CT molecular complexity index is 783. The smallest absolute Gasteiger partial charge is 0.166 e. The Kier molecular flexibility index (Phi) is 6.55. The van der Waals surface area contributed by atoms with Crippen LogP contribution in [0, 0.1) is 17.5 Å². The third-order valence-corrected chi connectivity index (χ3v) is 5.04. The van der Waals surface area contributed by atoms with Crippen LogP contribution in [0.5, 0.6) is 0 Å². The molecule has 0 radical (unpaired) electrons. The SMILES string of the molecule is CCCOC1CCC(c2ccc(-c3ccc(CC)c(F)c3F)cc2F)CO1. The second kappa shape index (κ2) is 8.89. The lowest BCUT2D eigenvalue weighted by Crippen LogP contribution is -2.27. The van der Waals surface area contributed by atoms with Crippen LogP contribution in [0.15, 0.2) is 30.3 Å². The summed E-state index contributed by atoms with van der Waals surface area (Å²) in [6, 6.07) is 7.62. The van der Waals surface area contributed by atoms with E-state index >= 15 is 0 Å². The van der Waals surface area contributed by atoms with Gasteiger partial charge in [-0.25, -0.2) is 13.2 Å². The molecule has 1 aliphatic rings. The van der Waals surface area contributed by atoms with Gasteiger partial charge in [0.15, 0.2) is 17.9 Å². The van der Waals surface area contributed by atoms with Gasteiger partial charge >= 0.3 is 0 Å². The molecule has 0 aromatic heterocycles. The zero-order chi connectivity index (χ0) is 19.4. The van der Waals surface area contributed by atoms with E-state index < -0.39 is 17.5 Å². The molecule has 1 saturated heterocycles. The van der Waals surface area contributed by atoms with Gasteiger partial charge < -0.3 is 9.47 Å². The molecule has 146 valence electrons. The summed E-state index contributed by atoms with van der Waals surface area (Å²) in [6.07, 6.45) is 2.58. The van der Waals surface area contributed by atoms with Gasteiger partial charge in [-0.15, -0.1) is 0 Å². The highest BCUT2D eigenvalue weighted by molar-refractivity contribution is 5.65. The van der Waals surface area contributed by atoms with Crippen LogP contribution >= 0.6 is 0 Å². The van der Waals surface area contributed by atoms with Crippen LogP contribution in [0.1, 0.15) is 50.2 Å². The van der Waals surface area contributed by atoms with E-state index in [0.717, 1.165) is 12.8 Å². The van der Waals surface area contributed by atoms with E-state index in [-0.39, 0.29) is 17.8 Å². The Balaban J connectivity index is 1.76. The van der Waals surface area contributed by atoms with E-state index in [4.69, 9.17) is 9.47 Å². The van der Waals surface area contributed by atoms with Crippen molar-refractivity contribution in [3.63, 3.8) is 0 Å². The van der Waals surface area contributed by atoms with Gasteiger partial charge in [-0.3, -0.25) is 0 Å². The van der Waals surface area contributed by atoms with E-state index in [1.165, 1.54) is 12.1 Å². The molecule has 0 saturated carbocycles. The quantitative estimate of drug-likeness (QED) is 0.616. The third kappa shape index (κ3) is 4.36. The molecule has 2 aromatic rings. The van der Waals surface area contributed by atoms with Gasteiger partial charge in [-0.1, -0.05) is 38.1 Å². The van der Waals surface area contributed by atoms with Crippen molar-refractivity contribution in [1.82, 2.24) is 0 Å². The maximum atomic E-state index is 14.7. The van der Waals surface area contributed by atoms with Crippen LogP contribution in [0.25, 0.3) is 11.1 Å². The van der Waals surface area contributed by atoms with Crippen LogP contribution in [0.3, 0.4) is 0 Å². The van der Waals surface area contributed by atoms with Crippen molar-refractivity contribution >= 4 is 0 Å². The van der Waals surface area contributed by atoms with Gasteiger partial charge in [-0.05, 0) is 48.4 Å². The molecule has 2 nitrogen and oxygen atoms in total. The molecule has 1 heterocycles. The van der Waals surface area contributed by atoms with E-state index in [1.807, 2.05) is 6.92 Å². The Morgan fingerprint density at radius 3 is 2.48 bits per heavy atom. The first-order valence-electron chi connectivity index (χ1n) is 9.55. The molecule has 1 aliphatic heterocycles. The first kappa shape index (κ1) is 19.9. The van der Waals surface area contributed by atoms with E-state index in [1.54, 1.807) is 25.1 Å². The molecule has 2 aromatic carbocycles. The summed E-state index contributed by atoms with van der Waals surface area (Å²) in [4.78, 5) is 0. The summed E-state index contributed by atoms with van der Waals surface area (Å²) >= 11 is 0. The summed E-state index contributed by atoms with van der Waals surface area (Å²) in [6.45, 7) is 4.83. The first-order valence-corrected chi connectivity index (χ1v) is 9.55. The van der Waals surface area contributed by atoms with Crippen molar-refractivity contribution in [3.05, 3.63) is 58.9 Å². The molecule has 5 heteroatoms. The second-order valence-corrected chi connectivity index (χ2v) is 6.90. The third-order valence-electron chi connectivity index (χ3n) is 5.04. The lowest BCUT2D eigenvalue weighted by Gasteiger charge is -2.29. The van der Waals surface area contributed by atoms with Gasteiger partial charge in [0.25, 0.3) is 0 Å². The van der Waals surface area contributed by atoms with Crippen LogP contribution in [-0.2, 0) is 15.9 Å². The number of aryl methyl sites for hydroxylation is 1. The Hall–Kier alpha value is -1.85. The van der Waals surface area contributed by atoms with Gasteiger partial charge in [0.05, 0.1) is 6.61 Å². The highest BCUT2D eigenvalue weighted by atomic mass is 19.2. The van der Waals surface area contributed by atoms with Crippen molar-refractivity contribution in [2.45, 2.75) is 51.7 Å². The lowest BCUT2D eigenvalue weighted by atomic mass is 9.91. The highest BCUT2D eigenvalue weighted by Crippen LogP contribution is 2.33. The average molecular weight is 378 g/mol. The number of ether oxygens (including phenoxy) is 2. The highest BCUT2D eigenvalue weighted by Gasteiger charge is 2.25. The molecular weight excluding hydrogens is 353 g/mol. The largest absolute Gasteiger partial charge is 0.353 e. The lowest BCUT2D eigenvalue weighted by molar-refractivity contribution is -0.167. The van der Waals surface area contributed by atoms with Crippen LogP contribution in [0.2, 0.25) is 0 Å². The molecular formula is C22H25F3O2. The van der Waals surface area contributed by atoms with Gasteiger partial charge in [-0.2, -0.15) is 0 Å². The fourth-order valence-corrected chi connectivity index (χ4v) is 3.46. The van der Waals surface area contributed by atoms with Gasteiger partial charge in [0.1, 0.15) is 5.82 Å². The molecule has 0 amide bonds. The van der Waals surface area contributed by atoms with E-state index in [2.05, 4.69) is 0 Å². The monoisotopic (exact) mass is 378 g/mol. The second-order valence-electron chi connectivity index (χ2n) is 6.90. The van der Waals surface area contributed by atoms with Crippen molar-refractivity contribution in [2.75, 3.05) is 13.2 Å². The standard InChI is InChI=1S/C22H25F3O2/c1-3-11-26-20-10-7-16(13-27-20)17-8-6-15(12-19(17)23)18-9-5-14(4-2)21(24)22(18)25/h5-6,8-9,12,16,20H,3-4,7,10-11,13H2,1-2H3. The molecule has 2 atom stereocenters. The van der Waals surface area contributed by atoms with Crippen molar-refractivity contribution < 1.29 is 22.6 Å². The van der Waals surface area contributed by atoms with Gasteiger partial charge in [0.2, 0.25) is 0 Å². The predicted molar refractivity (Wildman–Crippen MR) is 99.1 cm³/mol. The zero-order valence-electron chi connectivity index (χ0n) is 15.7. The topological polar surface area (TPSA) is 18.5 Å². The minimum Gasteiger partial charge on any atom is -0.353 e. The van der Waals surface area contributed by atoms with Crippen molar-refractivity contribution in [1.29, 1.82) is 0 Å². The minimum absolute atomic E-state index is 0.0652. The molecule has 2 unspecified atom stereocenters. The molecule has 0 bridgehead atoms. The fraction of sp³-hybridized carbons (Fsp3) is 0.455. The normalized spacial score (nSPS) is 20.0. The van der Waals surface area contributed by atoms with Crippen molar-refractivity contribution in [2.24, 2.45) is 0 Å². The molecule has 0 aliphatic carbocycles. The maximum Gasteiger partial charge on any atom is 0.166 e. The number of hydrogen-bond donors (Lipinski definition) is 0. The predicted octanol–water partition coefficient (Wildman–Crippen LogP) is 5.98. The number of hydrogen-bond acceptors (Lipinski definition) is 2. The van der Waals surface area contributed by atoms with Crippen LogP contribution in [0.4, 0.5) is 13.2 Å². The van der Waals surface area contributed by atoms with Crippen LogP contribution < -0.4 is 0 Å². The van der Waals surface area contributed by atoms with Crippen LogP contribution in [-0.4, -0.2) is 19.5 Å². The maximum absolute atomic E-state index is 14.7. The number of halogens is 3. The Labute approximate surface area is 158 Å². The van der Waals surface area contributed by atoms with Gasteiger partial charge in [0, 0.05) is 18.1 Å². The van der Waals surface area contributed by atoms with Crippen molar-refractivity contribution in [3.8, 4) is 11.1 Å². The summed E-state index contributed by atoms with van der Waals surface area (Å²) in [5, 5.41) is 0. The molecule has 0 N–H and O–H groups in total. The number of benzene rings is 2. The first-order chi connectivity index (χ1) is 13.0. The summed E-state index contributed by atoms with van der Waals surface area (Å²) in [5.41, 5.74) is 1.26. The summed E-state index contributed by atoms with van der Waals surface area (Å²) < 4.78 is 54.3. The molecule has 3 rings (SSSR count). The number of rotatable bonds is 6. The molecule has 1 fully saturated rings. The van der Waals surface area contributed by atoms with E-state index in [9.17, 15) is 13.2 Å². The zero-order valence-corrected chi connectivity index (χ0v) is 15.7. The Morgan fingerprint density at radius 2 is 1.85 bits per heavy atom. The summed E-state index contributed by atoms with van der Waals surface area (Å²) in [7, 11) is 0. The summed E-state index contributed by atoms with van der Waals surface area (Å²) in [5.74, 6) is -2.28. The molecule has 0 spiro atoms. The minimum atomic E-state index is -0.932.